The number of halogens is 1. The zero-order valence-corrected chi connectivity index (χ0v) is 11.3. The van der Waals surface area contributed by atoms with Crippen molar-refractivity contribution >= 4 is 11.6 Å². The van der Waals surface area contributed by atoms with E-state index < -0.39 is 0 Å². The molecule has 2 aromatic heterocycles. The molecule has 3 rings (SSSR count). The zero-order chi connectivity index (χ0) is 13.9. The molecular weight excluding hydrogens is 278 g/mol. The van der Waals surface area contributed by atoms with Gasteiger partial charge in [-0.1, -0.05) is 28.9 Å². The number of methoxy groups -OCH3 is 1. The standard InChI is InChI=1S/C14H10ClN3O2/c1-19-11-5-3-2-4-10(11)13-17-14(20-18-13)9-6-7-12(15)16-8-9/h2-8H,1H3. The van der Waals surface area contributed by atoms with Gasteiger partial charge in [0, 0.05) is 6.20 Å². The lowest BCUT2D eigenvalue weighted by molar-refractivity contribution is 0.413. The second-order valence-electron chi connectivity index (χ2n) is 3.99. The van der Waals surface area contributed by atoms with Crippen molar-refractivity contribution in [2.75, 3.05) is 7.11 Å². The minimum absolute atomic E-state index is 0.384. The van der Waals surface area contributed by atoms with E-state index in [4.69, 9.17) is 20.9 Å². The molecule has 0 atom stereocenters. The smallest absolute Gasteiger partial charge is 0.259 e. The van der Waals surface area contributed by atoms with Crippen LogP contribution in [0.5, 0.6) is 5.75 Å². The number of hydrogen-bond acceptors (Lipinski definition) is 5. The summed E-state index contributed by atoms with van der Waals surface area (Å²) in [5.41, 5.74) is 1.48. The Morgan fingerprint density at radius 1 is 1.15 bits per heavy atom. The van der Waals surface area contributed by atoms with Gasteiger partial charge in [-0.15, -0.1) is 0 Å². The van der Waals surface area contributed by atoms with E-state index in [1.807, 2.05) is 24.3 Å². The molecule has 0 amide bonds. The monoisotopic (exact) mass is 287 g/mol. The van der Waals surface area contributed by atoms with Gasteiger partial charge in [-0.2, -0.15) is 4.98 Å². The van der Waals surface area contributed by atoms with Crippen molar-refractivity contribution in [2.45, 2.75) is 0 Å². The lowest BCUT2D eigenvalue weighted by Gasteiger charge is -2.02. The van der Waals surface area contributed by atoms with E-state index in [0.29, 0.717) is 28.2 Å². The average molecular weight is 288 g/mol. The molecule has 2 heterocycles. The van der Waals surface area contributed by atoms with Crippen LogP contribution < -0.4 is 4.74 Å². The Balaban J connectivity index is 2.00. The van der Waals surface area contributed by atoms with E-state index in [1.165, 1.54) is 0 Å². The van der Waals surface area contributed by atoms with Crippen molar-refractivity contribution in [1.29, 1.82) is 0 Å². The van der Waals surface area contributed by atoms with Crippen LogP contribution >= 0.6 is 11.6 Å². The van der Waals surface area contributed by atoms with Gasteiger partial charge >= 0.3 is 0 Å². The fourth-order valence-corrected chi connectivity index (χ4v) is 1.89. The summed E-state index contributed by atoms with van der Waals surface area (Å²) in [6.45, 7) is 0. The van der Waals surface area contributed by atoms with Crippen LogP contribution in [-0.4, -0.2) is 22.2 Å². The normalized spacial score (nSPS) is 10.5. The minimum Gasteiger partial charge on any atom is -0.496 e. The molecule has 0 saturated heterocycles. The topological polar surface area (TPSA) is 61.0 Å². The third-order valence-electron chi connectivity index (χ3n) is 2.75. The van der Waals surface area contributed by atoms with Gasteiger partial charge in [0.05, 0.1) is 18.2 Å². The van der Waals surface area contributed by atoms with Crippen molar-refractivity contribution in [2.24, 2.45) is 0 Å². The summed E-state index contributed by atoms with van der Waals surface area (Å²) in [4.78, 5) is 8.33. The maximum atomic E-state index is 5.75. The molecule has 0 unspecified atom stereocenters. The average Bonchev–Trinajstić information content (AvgIpc) is 2.97. The van der Waals surface area contributed by atoms with E-state index >= 15 is 0 Å². The fraction of sp³-hybridized carbons (Fsp3) is 0.0714. The second kappa shape index (κ2) is 5.30. The number of aromatic nitrogens is 3. The molecule has 0 spiro atoms. The summed E-state index contributed by atoms with van der Waals surface area (Å²) in [6.07, 6.45) is 1.59. The van der Waals surface area contributed by atoms with Crippen LogP contribution in [0.15, 0.2) is 47.1 Å². The number of benzene rings is 1. The number of ether oxygens (including phenoxy) is 1. The molecule has 3 aromatic rings. The van der Waals surface area contributed by atoms with Crippen molar-refractivity contribution in [3.05, 3.63) is 47.7 Å². The molecule has 0 radical (unpaired) electrons. The highest BCUT2D eigenvalue weighted by atomic mass is 35.5. The summed E-state index contributed by atoms with van der Waals surface area (Å²) in [5.74, 6) is 1.54. The molecule has 6 heteroatoms. The van der Waals surface area contributed by atoms with Gasteiger partial charge in [0.25, 0.3) is 5.89 Å². The summed E-state index contributed by atoms with van der Waals surface area (Å²) in [7, 11) is 1.60. The van der Waals surface area contributed by atoms with E-state index in [2.05, 4.69) is 15.1 Å². The Kier molecular flexibility index (Phi) is 3.35. The second-order valence-corrected chi connectivity index (χ2v) is 4.38. The van der Waals surface area contributed by atoms with Gasteiger partial charge in [0.1, 0.15) is 10.9 Å². The predicted octanol–water partition coefficient (Wildman–Crippen LogP) is 3.46. The molecule has 0 saturated carbocycles. The van der Waals surface area contributed by atoms with E-state index in [9.17, 15) is 0 Å². The number of hydrogen-bond donors (Lipinski definition) is 0. The van der Waals surface area contributed by atoms with Gasteiger partial charge < -0.3 is 9.26 Å². The molecule has 1 aromatic carbocycles. The number of para-hydroxylation sites is 1. The maximum absolute atomic E-state index is 5.75. The third-order valence-corrected chi connectivity index (χ3v) is 2.97. The molecule has 5 nitrogen and oxygen atoms in total. The summed E-state index contributed by atoms with van der Waals surface area (Å²) in [5, 5.41) is 4.38. The molecule has 100 valence electrons. The highest BCUT2D eigenvalue weighted by Gasteiger charge is 2.14. The van der Waals surface area contributed by atoms with Gasteiger partial charge in [-0.25, -0.2) is 4.98 Å². The summed E-state index contributed by atoms with van der Waals surface area (Å²) in [6, 6.07) is 10.9. The fourth-order valence-electron chi connectivity index (χ4n) is 1.78. The molecule has 0 aliphatic rings. The summed E-state index contributed by atoms with van der Waals surface area (Å²) >= 11 is 5.75. The van der Waals surface area contributed by atoms with Crippen molar-refractivity contribution in [1.82, 2.24) is 15.1 Å². The van der Waals surface area contributed by atoms with Crippen LogP contribution in [0.4, 0.5) is 0 Å². The van der Waals surface area contributed by atoms with Crippen LogP contribution in [0.1, 0.15) is 0 Å². The lowest BCUT2D eigenvalue weighted by atomic mass is 10.2. The zero-order valence-electron chi connectivity index (χ0n) is 10.6. The van der Waals surface area contributed by atoms with Crippen LogP contribution in [0, 0.1) is 0 Å². The van der Waals surface area contributed by atoms with E-state index in [-0.39, 0.29) is 0 Å². The van der Waals surface area contributed by atoms with Crippen LogP contribution in [-0.2, 0) is 0 Å². The first-order valence-corrected chi connectivity index (χ1v) is 6.25. The SMILES string of the molecule is COc1ccccc1-c1noc(-c2ccc(Cl)nc2)n1. The molecule has 0 aliphatic carbocycles. The van der Waals surface area contributed by atoms with Crippen LogP contribution in [0.2, 0.25) is 5.15 Å². The molecule has 20 heavy (non-hydrogen) atoms. The Labute approximate surface area is 120 Å². The lowest BCUT2D eigenvalue weighted by Crippen LogP contribution is -1.88. The highest BCUT2D eigenvalue weighted by Crippen LogP contribution is 2.29. The van der Waals surface area contributed by atoms with Gasteiger partial charge in [0.15, 0.2) is 0 Å². The van der Waals surface area contributed by atoms with Crippen molar-refractivity contribution < 1.29 is 9.26 Å². The van der Waals surface area contributed by atoms with Gasteiger partial charge in [-0.05, 0) is 24.3 Å². The Hall–Kier alpha value is -2.40. The minimum atomic E-state index is 0.384. The Bertz CT molecular complexity index is 725. The highest BCUT2D eigenvalue weighted by molar-refractivity contribution is 6.29. The maximum Gasteiger partial charge on any atom is 0.259 e. The molecule has 0 aliphatic heterocycles. The molecule has 0 fully saturated rings. The summed E-state index contributed by atoms with van der Waals surface area (Å²) < 4.78 is 10.5. The predicted molar refractivity (Wildman–Crippen MR) is 74.5 cm³/mol. The van der Waals surface area contributed by atoms with Gasteiger partial charge in [0.2, 0.25) is 5.82 Å². The van der Waals surface area contributed by atoms with Crippen LogP contribution in [0.3, 0.4) is 0 Å². The third kappa shape index (κ3) is 2.35. The molecule has 0 N–H and O–H groups in total. The first kappa shape index (κ1) is 12.6. The van der Waals surface area contributed by atoms with Crippen molar-refractivity contribution in [3.63, 3.8) is 0 Å². The first-order valence-electron chi connectivity index (χ1n) is 5.87. The van der Waals surface area contributed by atoms with Crippen LogP contribution in [0.25, 0.3) is 22.8 Å². The molecule has 0 bridgehead atoms. The first-order chi connectivity index (χ1) is 9.78. The Morgan fingerprint density at radius 3 is 2.75 bits per heavy atom. The number of rotatable bonds is 3. The molecular formula is C14H10ClN3O2. The number of pyridine rings is 1. The number of nitrogens with zero attached hydrogens (tertiary/aromatic N) is 3. The Morgan fingerprint density at radius 2 is 2.00 bits per heavy atom. The quantitative estimate of drug-likeness (QED) is 0.690. The largest absolute Gasteiger partial charge is 0.496 e. The van der Waals surface area contributed by atoms with Crippen molar-refractivity contribution in [3.8, 4) is 28.6 Å². The van der Waals surface area contributed by atoms with E-state index in [0.717, 1.165) is 5.56 Å². The van der Waals surface area contributed by atoms with E-state index in [1.54, 1.807) is 25.4 Å². The van der Waals surface area contributed by atoms with Gasteiger partial charge in [-0.3, -0.25) is 0 Å².